The van der Waals surface area contributed by atoms with Crippen LogP contribution in [0.1, 0.15) is 36.5 Å². The van der Waals surface area contributed by atoms with Gasteiger partial charge in [-0.1, -0.05) is 13.0 Å². The molecule has 1 heterocycles. The van der Waals surface area contributed by atoms with Crippen LogP contribution in [0.15, 0.2) is 24.3 Å². The van der Waals surface area contributed by atoms with Crippen molar-refractivity contribution in [3.8, 4) is 0 Å². The van der Waals surface area contributed by atoms with Gasteiger partial charge in [-0.15, -0.1) is 0 Å². The number of ether oxygens (including phenoxy) is 1. The minimum absolute atomic E-state index is 0.0350. The predicted molar refractivity (Wildman–Crippen MR) is 98.7 cm³/mol. The molecule has 0 aromatic heterocycles. The average Bonchev–Trinajstić information content (AvgIpc) is 2.61. The lowest BCUT2D eigenvalue weighted by molar-refractivity contribution is -0.117. The Labute approximate surface area is 149 Å². The van der Waals surface area contributed by atoms with Gasteiger partial charge in [-0.3, -0.25) is 14.5 Å². The molecule has 0 bridgehead atoms. The monoisotopic (exact) mass is 347 g/mol. The first-order valence-corrected chi connectivity index (χ1v) is 8.98. The van der Waals surface area contributed by atoms with E-state index in [0.29, 0.717) is 30.9 Å². The van der Waals surface area contributed by atoms with Crippen molar-refractivity contribution in [2.45, 2.75) is 26.2 Å². The Balaban J connectivity index is 1.81. The zero-order valence-corrected chi connectivity index (χ0v) is 15.2. The van der Waals surface area contributed by atoms with E-state index in [1.165, 1.54) is 0 Å². The van der Waals surface area contributed by atoms with E-state index in [1.807, 2.05) is 0 Å². The average molecular weight is 347 g/mol. The quantitative estimate of drug-likeness (QED) is 0.707. The van der Waals surface area contributed by atoms with Crippen LogP contribution in [0.5, 0.6) is 0 Å². The van der Waals surface area contributed by atoms with Crippen molar-refractivity contribution in [2.75, 3.05) is 45.2 Å². The number of hydrogen-bond donors (Lipinski definition) is 2. The highest BCUT2D eigenvalue weighted by Crippen LogP contribution is 2.16. The molecule has 0 saturated carbocycles. The fraction of sp³-hybridized carbons (Fsp3) is 0.579. The van der Waals surface area contributed by atoms with E-state index < -0.39 is 0 Å². The van der Waals surface area contributed by atoms with Gasteiger partial charge in [0.05, 0.1) is 6.54 Å². The molecule has 0 unspecified atom stereocenters. The van der Waals surface area contributed by atoms with Crippen LogP contribution < -0.4 is 10.6 Å². The molecule has 1 saturated heterocycles. The maximum Gasteiger partial charge on any atom is 0.251 e. The largest absolute Gasteiger partial charge is 0.385 e. The van der Waals surface area contributed by atoms with Gasteiger partial charge in [0.2, 0.25) is 5.91 Å². The third-order valence-electron chi connectivity index (χ3n) is 4.46. The summed E-state index contributed by atoms with van der Waals surface area (Å²) in [5.41, 5.74) is 1.20. The lowest BCUT2D eigenvalue weighted by Gasteiger charge is -2.29. The summed E-state index contributed by atoms with van der Waals surface area (Å²) in [6, 6.07) is 7.04. The van der Waals surface area contributed by atoms with Crippen LogP contribution in [0.25, 0.3) is 0 Å². The molecule has 0 spiro atoms. The summed E-state index contributed by atoms with van der Waals surface area (Å²) in [6.07, 6.45) is 3.06. The number of anilines is 1. The number of methoxy groups -OCH3 is 1. The van der Waals surface area contributed by atoms with Gasteiger partial charge in [-0.2, -0.15) is 0 Å². The summed E-state index contributed by atoms with van der Waals surface area (Å²) in [6.45, 7) is 5.78. The smallest absolute Gasteiger partial charge is 0.251 e. The molecule has 1 aliphatic heterocycles. The van der Waals surface area contributed by atoms with Gasteiger partial charge in [0, 0.05) is 31.5 Å². The first-order chi connectivity index (χ1) is 12.1. The molecule has 2 amide bonds. The summed E-state index contributed by atoms with van der Waals surface area (Å²) in [5, 5.41) is 5.74. The summed E-state index contributed by atoms with van der Waals surface area (Å²) < 4.78 is 4.96. The van der Waals surface area contributed by atoms with Gasteiger partial charge < -0.3 is 15.4 Å². The number of carbonyl (C=O) groups is 2. The Morgan fingerprint density at radius 2 is 2.04 bits per heavy atom. The van der Waals surface area contributed by atoms with Gasteiger partial charge >= 0.3 is 0 Å². The molecule has 6 nitrogen and oxygen atoms in total. The highest BCUT2D eigenvalue weighted by atomic mass is 16.5. The van der Waals surface area contributed by atoms with E-state index >= 15 is 0 Å². The third kappa shape index (κ3) is 6.84. The van der Waals surface area contributed by atoms with Crippen molar-refractivity contribution >= 4 is 17.5 Å². The maximum absolute atomic E-state index is 12.2. The van der Waals surface area contributed by atoms with Crippen molar-refractivity contribution in [1.82, 2.24) is 10.2 Å². The topological polar surface area (TPSA) is 70.7 Å². The Morgan fingerprint density at radius 3 is 2.76 bits per heavy atom. The van der Waals surface area contributed by atoms with E-state index in [1.54, 1.807) is 31.4 Å². The second-order valence-corrected chi connectivity index (χ2v) is 6.69. The first-order valence-electron chi connectivity index (χ1n) is 8.98. The van der Waals surface area contributed by atoms with Crippen molar-refractivity contribution in [3.63, 3.8) is 0 Å². The van der Waals surface area contributed by atoms with Crippen molar-refractivity contribution in [2.24, 2.45) is 5.92 Å². The first kappa shape index (κ1) is 19.4. The summed E-state index contributed by atoms with van der Waals surface area (Å²) in [7, 11) is 1.64. The molecule has 1 aromatic carbocycles. The number of likely N-dealkylation sites (tertiary alicyclic amines) is 1. The number of amides is 2. The van der Waals surface area contributed by atoms with Gasteiger partial charge in [-0.25, -0.2) is 0 Å². The number of carbonyl (C=O) groups excluding carboxylic acids is 2. The molecule has 138 valence electrons. The molecular formula is C19H29N3O3. The maximum atomic E-state index is 12.2. The lowest BCUT2D eigenvalue weighted by atomic mass is 9.99. The normalized spacial score (nSPS) is 15.8. The number of hydrogen-bond acceptors (Lipinski definition) is 4. The molecule has 0 radical (unpaired) electrons. The van der Waals surface area contributed by atoms with Gasteiger partial charge in [0.1, 0.15) is 0 Å². The standard InChI is InChI=1S/C19H29N3O3/c1-15-7-10-22(11-8-15)14-18(23)21-17-6-3-5-16(13-17)19(24)20-9-4-12-25-2/h3,5-6,13,15H,4,7-12,14H2,1-2H3,(H,20,24)(H,21,23). The number of piperidine rings is 1. The van der Waals surface area contributed by atoms with Crippen LogP contribution in [0, 0.1) is 5.92 Å². The molecule has 2 N–H and O–H groups in total. The van der Waals surface area contributed by atoms with Crippen molar-refractivity contribution < 1.29 is 14.3 Å². The van der Waals surface area contributed by atoms with E-state index in [9.17, 15) is 9.59 Å². The van der Waals surface area contributed by atoms with Crippen molar-refractivity contribution in [3.05, 3.63) is 29.8 Å². The summed E-state index contributed by atoms with van der Waals surface area (Å²) in [5.74, 6) is 0.572. The zero-order valence-electron chi connectivity index (χ0n) is 15.2. The SMILES string of the molecule is COCCCNC(=O)c1cccc(NC(=O)CN2CCC(C)CC2)c1. The van der Waals surface area contributed by atoms with Gasteiger partial charge in [0.25, 0.3) is 5.91 Å². The second-order valence-electron chi connectivity index (χ2n) is 6.69. The highest BCUT2D eigenvalue weighted by Gasteiger charge is 2.18. The van der Waals surface area contributed by atoms with Crippen LogP contribution in [0.3, 0.4) is 0 Å². The summed E-state index contributed by atoms with van der Waals surface area (Å²) in [4.78, 5) is 26.5. The second kappa shape index (κ2) is 10.2. The molecule has 25 heavy (non-hydrogen) atoms. The number of nitrogens with zero attached hydrogens (tertiary/aromatic N) is 1. The van der Waals surface area contributed by atoms with Crippen LogP contribution in [-0.2, 0) is 9.53 Å². The minimum Gasteiger partial charge on any atom is -0.385 e. The Morgan fingerprint density at radius 1 is 1.28 bits per heavy atom. The van der Waals surface area contributed by atoms with Crippen molar-refractivity contribution in [1.29, 1.82) is 0 Å². The van der Waals surface area contributed by atoms with Gasteiger partial charge in [0.15, 0.2) is 0 Å². The molecule has 0 aliphatic carbocycles. The van der Waals surface area contributed by atoms with Crippen LogP contribution in [-0.4, -0.2) is 56.6 Å². The van der Waals surface area contributed by atoms with E-state index in [-0.39, 0.29) is 11.8 Å². The lowest BCUT2D eigenvalue weighted by Crippen LogP contribution is -2.38. The van der Waals surface area contributed by atoms with E-state index in [2.05, 4.69) is 22.5 Å². The molecule has 6 heteroatoms. The summed E-state index contributed by atoms with van der Waals surface area (Å²) >= 11 is 0. The molecular weight excluding hydrogens is 318 g/mol. The van der Waals surface area contributed by atoms with E-state index in [0.717, 1.165) is 38.3 Å². The molecule has 0 atom stereocenters. The third-order valence-corrected chi connectivity index (χ3v) is 4.46. The predicted octanol–water partition coefficient (Wildman–Crippen LogP) is 2.12. The van der Waals surface area contributed by atoms with Gasteiger partial charge in [-0.05, 0) is 56.5 Å². The van der Waals surface area contributed by atoms with Crippen LogP contribution in [0.4, 0.5) is 5.69 Å². The Hall–Kier alpha value is -1.92. The zero-order chi connectivity index (χ0) is 18.1. The molecule has 1 fully saturated rings. The fourth-order valence-corrected chi connectivity index (χ4v) is 2.88. The van der Waals surface area contributed by atoms with Crippen LogP contribution >= 0.6 is 0 Å². The van der Waals surface area contributed by atoms with E-state index in [4.69, 9.17) is 4.74 Å². The highest BCUT2D eigenvalue weighted by molar-refractivity contribution is 5.97. The molecule has 2 rings (SSSR count). The van der Waals surface area contributed by atoms with Crippen LogP contribution in [0.2, 0.25) is 0 Å². The fourth-order valence-electron chi connectivity index (χ4n) is 2.88. The molecule has 1 aromatic rings. The molecule has 1 aliphatic rings. The number of rotatable bonds is 8. The number of nitrogens with one attached hydrogen (secondary N) is 2. The number of benzene rings is 1. The Kier molecular flexibility index (Phi) is 7.88. The minimum atomic E-state index is -0.141. The Bertz CT molecular complexity index is 569.